The average Bonchev–Trinajstić information content (AvgIpc) is 3.21. The number of H-pyrrole nitrogens is 1. The highest BCUT2D eigenvalue weighted by molar-refractivity contribution is 7.88. The molecule has 1 aromatic carbocycles. The van der Waals surface area contributed by atoms with Crippen LogP contribution in [0, 0.1) is 0 Å². The SMILES string of the molecule is CN(Cc1ccccc1)C(=O)c1cn[nH]c1[C@@H]1CCCN(C(=O)CNS(C)(=O)=O)C1. The number of likely N-dealkylation sites (tertiary alicyclic amines) is 1. The Balaban J connectivity index is 1.67. The Bertz CT molecular complexity index is 990. The molecule has 1 aliphatic rings. The smallest absolute Gasteiger partial charge is 0.257 e. The van der Waals surface area contributed by atoms with Gasteiger partial charge in [-0.1, -0.05) is 30.3 Å². The number of piperidine rings is 1. The van der Waals surface area contributed by atoms with Crippen molar-refractivity contribution >= 4 is 21.8 Å². The van der Waals surface area contributed by atoms with Crippen molar-refractivity contribution in [3.8, 4) is 0 Å². The maximum atomic E-state index is 13.0. The summed E-state index contributed by atoms with van der Waals surface area (Å²) in [6.45, 7) is 1.19. The van der Waals surface area contributed by atoms with Gasteiger partial charge in [0.15, 0.2) is 0 Å². The van der Waals surface area contributed by atoms with Crippen LogP contribution < -0.4 is 4.72 Å². The fourth-order valence-electron chi connectivity index (χ4n) is 3.66. The topological polar surface area (TPSA) is 115 Å². The number of nitrogens with one attached hydrogen (secondary N) is 2. The number of carbonyl (C=O) groups excluding carboxylic acids is 2. The molecule has 2 aromatic rings. The first kappa shape index (κ1) is 22.0. The average molecular weight is 434 g/mol. The Morgan fingerprint density at radius 2 is 2.03 bits per heavy atom. The molecule has 0 aliphatic carbocycles. The molecule has 3 rings (SSSR count). The van der Waals surface area contributed by atoms with Crippen LogP contribution in [0.3, 0.4) is 0 Å². The molecule has 0 saturated carbocycles. The van der Waals surface area contributed by atoms with Gasteiger partial charge >= 0.3 is 0 Å². The molecule has 0 unspecified atom stereocenters. The molecule has 2 amide bonds. The highest BCUT2D eigenvalue weighted by Gasteiger charge is 2.30. The molecule has 1 fully saturated rings. The molecule has 1 saturated heterocycles. The standard InChI is InChI=1S/C20H27N5O4S/c1-24(13-15-7-4-3-5-8-15)20(27)17-11-21-23-19(17)16-9-6-10-25(14-16)18(26)12-22-30(2,28)29/h3-5,7-8,11,16,22H,6,9-10,12-14H2,1-2H3,(H,21,23)/t16-/m1/s1. The van der Waals surface area contributed by atoms with E-state index in [2.05, 4.69) is 14.9 Å². The first-order valence-corrected chi connectivity index (χ1v) is 11.7. The number of nitrogens with zero attached hydrogens (tertiary/aromatic N) is 3. The van der Waals surface area contributed by atoms with Gasteiger partial charge in [-0.25, -0.2) is 13.1 Å². The second kappa shape index (κ2) is 9.40. The van der Waals surface area contributed by atoms with Crippen molar-refractivity contribution in [3.05, 3.63) is 53.3 Å². The van der Waals surface area contributed by atoms with Gasteiger partial charge in [-0.3, -0.25) is 14.7 Å². The van der Waals surface area contributed by atoms with E-state index < -0.39 is 10.0 Å². The summed E-state index contributed by atoms with van der Waals surface area (Å²) in [5.41, 5.74) is 2.25. The summed E-state index contributed by atoms with van der Waals surface area (Å²) in [5, 5.41) is 7.02. The van der Waals surface area contributed by atoms with E-state index in [1.807, 2.05) is 30.3 Å². The predicted molar refractivity (Wildman–Crippen MR) is 112 cm³/mol. The fraction of sp³-hybridized carbons (Fsp3) is 0.450. The van der Waals surface area contributed by atoms with Crippen molar-refractivity contribution in [1.29, 1.82) is 0 Å². The maximum absolute atomic E-state index is 13.0. The number of carbonyl (C=O) groups is 2. The number of sulfonamides is 1. The molecule has 1 aliphatic heterocycles. The van der Waals surface area contributed by atoms with Crippen molar-refractivity contribution in [1.82, 2.24) is 24.7 Å². The van der Waals surface area contributed by atoms with Crippen molar-refractivity contribution in [2.75, 3.05) is 32.9 Å². The summed E-state index contributed by atoms with van der Waals surface area (Å²) in [5.74, 6) is -0.476. The van der Waals surface area contributed by atoms with Gasteiger partial charge in [0, 0.05) is 32.6 Å². The molecule has 0 spiro atoms. The van der Waals surface area contributed by atoms with Crippen molar-refractivity contribution in [2.45, 2.75) is 25.3 Å². The Morgan fingerprint density at radius 1 is 1.30 bits per heavy atom. The lowest BCUT2D eigenvalue weighted by Crippen LogP contribution is -2.44. The highest BCUT2D eigenvalue weighted by atomic mass is 32.2. The molecule has 30 heavy (non-hydrogen) atoms. The van der Waals surface area contributed by atoms with Crippen LogP contribution >= 0.6 is 0 Å². The van der Waals surface area contributed by atoms with Crippen molar-refractivity contribution in [2.24, 2.45) is 0 Å². The summed E-state index contributed by atoms with van der Waals surface area (Å²) in [7, 11) is -1.68. The Morgan fingerprint density at radius 3 is 2.73 bits per heavy atom. The van der Waals surface area contributed by atoms with E-state index in [0.29, 0.717) is 30.9 Å². The van der Waals surface area contributed by atoms with Crippen molar-refractivity contribution in [3.63, 3.8) is 0 Å². The van der Waals surface area contributed by atoms with Gasteiger partial charge in [-0.05, 0) is 18.4 Å². The molecule has 10 heteroatoms. The van der Waals surface area contributed by atoms with Crippen LogP contribution in [0.5, 0.6) is 0 Å². The van der Waals surface area contributed by atoms with Crippen LogP contribution in [0.2, 0.25) is 0 Å². The molecule has 9 nitrogen and oxygen atoms in total. The second-order valence-electron chi connectivity index (χ2n) is 7.62. The van der Waals surface area contributed by atoms with Gasteiger partial charge in [0.25, 0.3) is 5.91 Å². The molecule has 1 atom stereocenters. The number of amides is 2. The lowest BCUT2D eigenvalue weighted by Gasteiger charge is -2.33. The van der Waals surface area contributed by atoms with E-state index in [-0.39, 0.29) is 24.3 Å². The predicted octanol–water partition coefficient (Wildman–Crippen LogP) is 0.937. The zero-order valence-corrected chi connectivity index (χ0v) is 18.0. The van der Waals surface area contributed by atoms with Crippen LogP contribution in [0.15, 0.2) is 36.5 Å². The zero-order chi connectivity index (χ0) is 21.7. The van der Waals surface area contributed by atoms with Crippen molar-refractivity contribution < 1.29 is 18.0 Å². The van der Waals surface area contributed by atoms with E-state index in [0.717, 1.165) is 24.7 Å². The molecular formula is C20H27N5O4S. The number of hydrogen-bond acceptors (Lipinski definition) is 5. The first-order chi connectivity index (χ1) is 14.2. The minimum Gasteiger partial charge on any atom is -0.341 e. The summed E-state index contributed by atoms with van der Waals surface area (Å²) in [6, 6.07) is 9.73. The lowest BCUT2D eigenvalue weighted by molar-refractivity contribution is -0.131. The van der Waals surface area contributed by atoms with Crippen LogP contribution in [-0.2, 0) is 21.4 Å². The summed E-state index contributed by atoms with van der Waals surface area (Å²) in [4.78, 5) is 28.7. The maximum Gasteiger partial charge on any atom is 0.257 e. The van der Waals surface area contributed by atoms with Crippen LogP contribution in [0.1, 0.15) is 40.4 Å². The third kappa shape index (κ3) is 5.67. The van der Waals surface area contributed by atoms with Gasteiger partial charge in [0.2, 0.25) is 15.9 Å². The summed E-state index contributed by atoms with van der Waals surface area (Å²) in [6.07, 6.45) is 4.13. The second-order valence-corrected chi connectivity index (χ2v) is 9.45. The molecule has 0 radical (unpaired) electrons. The van der Waals surface area contributed by atoms with Gasteiger partial charge in [-0.15, -0.1) is 0 Å². The third-order valence-electron chi connectivity index (χ3n) is 5.18. The minimum absolute atomic E-state index is 0.0625. The van der Waals surface area contributed by atoms with Gasteiger partial charge in [-0.2, -0.15) is 5.10 Å². The number of rotatable bonds is 7. The monoisotopic (exact) mass is 433 g/mol. The Labute approximate surface area is 176 Å². The lowest BCUT2D eigenvalue weighted by atomic mass is 9.92. The van der Waals surface area contributed by atoms with Gasteiger partial charge in [0.1, 0.15) is 0 Å². The van der Waals surface area contributed by atoms with E-state index in [9.17, 15) is 18.0 Å². The zero-order valence-electron chi connectivity index (χ0n) is 17.2. The molecule has 2 heterocycles. The third-order valence-corrected chi connectivity index (χ3v) is 5.85. The minimum atomic E-state index is -3.43. The fourth-order valence-corrected chi connectivity index (χ4v) is 4.04. The number of hydrogen-bond donors (Lipinski definition) is 2. The van der Waals surface area contributed by atoms with Crippen LogP contribution in [0.4, 0.5) is 0 Å². The molecule has 162 valence electrons. The molecular weight excluding hydrogens is 406 g/mol. The Kier molecular flexibility index (Phi) is 6.88. The number of aromatic nitrogens is 2. The molecule has 2 N–H and O–H groups in total. The Hall–Kier alpha value is -2.72. The van der Waals surface area contributed by atoms with Gasteiger partial charge in [0.05, 0.1) is 30.3 Å². The summed E-state index contributed by atoms with van der Waals surface area (Å²) < 4.78 is 24.7. The number of benzene rings is 1. The normalized spacial score (nSPS) is 17.0. The summed E-state index contributed by atoms with van der Waals surface area (Å²) >= 11 is 0. The quantitative estimate of drug-likeness (QED) is 0.674. The molecule has 1 aromatic heterocycles. The first-order valence-electron chi connectivity index (χ1n) is 9.79. The van der Waals surface area contributed by atoms with E-state index in [4.69, 9.17) is 0 Å². The number of aromatic amines is 1. The van der Waals surface area contributed by atoms with Crippen LogP contribution in [-0.4, -0.2) is 73.2 Å². The van der Waals surface area contributed by atoms with E-state index in [1.54, 1.807) is 16.8 Å². The van der Waals surface area contributed by atoms with E-state index >= 15 is 0 Å². The largest absolute Gasteiger partial charge is 0.341 e. The van der Waals surface area contributed by atoms with Crippen LogP contribution in [0.25, 0.3) is 0 Å². The molecule has 0 bridgehead atoms. The highest BCUT2D eigenvalue weighted by Crippen LogP contribution is 2.28. The van der Waals surface area contributed by atoms with E-state index in [1.165, 1.54) is 6.20 Å². The van der Waals surface area contributed by atoms with Gasteiger partial charge < -0.3 is 9.80 Å².